The minimum Gasteiger partial charge on any atom is -0.370 e. The van der Waals surface area contributed by atoms with Crippen LogP contribution < -0.4 is 11.1 Å². The third-order valence-electron chi connectivity index (χ3n) is 5.79. The van der Waals surface area contributed by atoms with Crippen molar-refractivity contribution in [2.24, 2.45) is 11.7 Å². The predicted octanol–water partition coefficient (Wildman–Crippen LogP) is 2.29. The summed E-state index contributed by atoms with van der Waals surface area (Å²) in [6.45, 7) is 2.51. The minimum absolute atomic E-state index is 0.0907. The van der Waals surface area contributed by atoms with E-state index in [9.17, 15) is 14.9 Å². The Morgan fingerprint density at radius 3 is 2.50 bits per heavy atom. The van der Waals surface area contributed by atoms with Crippen molar-refractivity contribution in [1.29, 1.82) is 5.26 Å². The first-order valence-electron chi connectivity index (χ1n) is 10.1. The second kappa shape index (κ2) is 10.5. The number of primary amides is 1. The maximum absolute atomic E-state index is 12.3. The molecular weight excluding hydrogens is 328 g/mol. The fraction of sp³-hybridized carbons (Fsp3) is 0.800. The third kappa shape index (κ3) is 6.95. The van der Waals surface area contributed by atoms with Gasteiger partial charge in [0.1, 0.15) is 5.54 Å². The number of carbonyl (C=O) groups is 2. The zero-order valence-electron chi connectivity index (χ0n) is 15.8. The molecule has 0 unspecified atom stereocenters. The van der Waals surface area contributed by atoms with Crippen LogP contribution in [0.3, 0.4) is 0 Å². The fourth-order valence-corrected chi connectivity index (χ4v) is 4.04. The number of unbranched alkanes of at least 4 members (excludes halogenated alkanes) is 1. The zero-order valence-corrected chi connectivity index (χ0v) is 15.8. The van der Waals surface area contributed by atoms with Crippen molar-refractivity contribution in [3.8, 4) is 6.07 Å². The molecule has 145 valence electrons. The normalized spacial score (nSPS) is 21.0. The van der Waals surface area contributed by atoms with Crippen LogP contribution in [0.1, 0.15) is 70.6 Å². The molecule has 3 N–H and O–H groups in total. The molecule has 0 aromatic carbocycles. The summed E-state index contributed by atoms with van der Waals surface area (Å²) in [5.41, 5.74) is 4.42. The van der Waals surface area contributed by atoms with Crippen LogP contribution in [0, 0.1) is 23.7 Å². The third-order valence-corrected chi connectivity index (χ3v) is 5.79. The molecule has 0 bridgehead atoms. The number of nitrogens with two attached hydrogens (primary N) is 1. The van der Waals surface area contributed by atoms with Crippen LogP contribution in [0.5, 0.6) is 0 Å². The molecule has 2 amide bonds. The largest absolute Gasteiger partial charge is 0.370 e. The molecule has 1 heterocycles. The van der Waals surface area contributed by atoms with Crippen molar-refractivity contribution < 1.29 is 9.59 Å². The van der Waals surface area contributed by atoms with Gasteiger partial charge in [0.25, 0.3) is 0 Å². The van der Waals surface area contributed by atoms with Gasteiger partial charge in [0.15, 0.2) is 0 Å². The average Bonchev–Trinajstić information content (AvgIpc) is 2.65. The number of piperidine rings is 1. The first kappa shape index (κ1) is 20.7. The SMILES string of the molecule is N#CC1(NC(=O)[CH]CC2CCCCC2)CCN(CCCCC(N)=O)CC1. The van der Waals surface area contributed by atoms with Crippen molar-refractivity contribution >= 4 is 11.8 Å². The van der Waals surface area contributed by atoms with E-state index < -0.39 is 5.54 Å². The summed E-state index contributed by atoms with van der Waals surface area (Å²) < 4.78 is 0. The van der Waals surface area contributed by atoms with Crippen LogP contribution in [0.4, 0.5) is 0 Å². The van der Waals surface area contributed by atoms with Gasteiger partial charge in [0.2, 0.25) is 11.8 Å². The molecule has 1 saturated heterocycles. The van der Waals surface area contributed by atoms with E-state index in [1.165, 1.54) is 32.1 Å². The Labute approximate surface area is 157 Å². The molecular formula is C20H33N4O2. The Morgan fingerprint density at radius 2 is 1.88 bits per heavy atom. The molecule has 6 nitrogen and oxygen atoms in total. The summed E-state index contributed by atoms with van der Waals surface area (Å²) in [6.07, 6.45) is 12.4. The number of likely N-dealkylation sites (tertiary alicyclic amines) is 1. The van der Waals surface area contributed by atoms with Gasteiger partial charge in [-0.2, -0.15) is 5.26 Å². The predicted molar refractivity (Wildman–Crippen MR) is 101 cm³/mol. The van der Waals surface area contributed by atoms with E-state index in [1.54, 1.807) is 6.42 Å². The molecule has 2 fully saturated rings. The van der Waals surface area contributed by atoms with Crippen LogP contribution in [0.15, 0.2) is 0 Å². The summed E-state index contributed by atoms with van der Waals surface area (Å²) in [5, 5.41) is 12.6. The standard InChI is InChI=1S/C20H33N4O2/c21-16-20(23-19(26)10-9-17-6-2-1-3-7-17)11-14-24(15-12-20)13-5-4-8-18(22)25/h10,17H,1-9,11-15H2,(H2,22,25)(H,23,26). The molecule has 0 spiro atoms. The number of hydrogen-bond acceptors (Lipinski definition) is 4. The fourth-order valence-electron chi connectivity index (χ4n) is 4.04. The molecule has 0 atom stereocenters. The van der Waals surface area contributed by atoms with E-state index >= 15 is 0 Å². The lowest BCUT2D eigenvalue weighted by Gasteiger charge is -2.37. The van der Waals surface area contributed by atoms with Crippen molar-refractivity contribution in [2.75, 3.05) is 19.6 Å². The first-order valence-corrected chi connectivity index (χ1v) is 10.1. The molecule has 2 rings (SSSR count). The summed E-state index contributed by atoms with van der Waals surface area (Å²) >= 11 is 0. The summed E-state index contributed by atoms with van der Waals surface area (Å²) in [4.78, 5) is 25.4. The summed E-state index contributed by atoms with van der Waals surface area (Å²) in [5.74, 6) is 0.293. The van der Waals surface area contributed by atoms with Gasteiger partial charge in [-0.1, -0.05) is 32.1 Å². The van der Waals surface area contributed by atoms with Crippen LogP contribution in [-0.2, 0) is 9.59 Å². The maximum atomic E-state index is 12.3. The molecule has 0 aromatic heterocycles. The van der Waals surface area contributed by atoms with Gasteiger partial charge in [0.05, 0.1) is 6.07 Å². The Balaban J connectivity index is 1.68. The van der Waals surface area contributed by atoms with Crippen LogP contribution in [-0.4, -0.2) is 41.9 Å². The van der Waals surface area contributed by atoms with Crippen molar-refractivity contribution in [2.45, 2.75) is 76.2 Å². The smallest absolute Gasteiger partial charge is 0.225 e. The van der Waals surface area contributed by atoms with Gasteiger partial charge >= 0.3 is 0 Å². The number of amides is 2. The molecule has 1 aliphatic heterocycles. The number of hydrogen-bond donors (Lipinski definition) is 2. The van der Waals surface area contributed by atoms with Gasteiger partial charge in [-0.3, -0.25) is 9.59 Å². The summed E-state index contributed by atoms with van der Waals surface area (Å²) in [6, 6.07) is 2.35. The maximum Gasteiger partial charge on any atom is 0.225 e. The quantitative estimate of drug-likeness (QED) is 0.615. The van der Waals surface area contributed by atoms with Crippen LogP contribution in [0.25, 0.3) is 0 Å². The number of nitrogens with one attached hydrogen (secondary N) is 1. The average molecular weight is 362 g/mol. The summed E-state index contributed by atoms with van der Waals surface area (Å²) in [7, 11) is 0. The first-order chi connectivity index (χ1) is 12.5. The monoisotopic (exact) mass is 361 g/mol. The Kier molecular flexibility index (Phi) is 8.37. The Morgan fingerprint density at radius 1 is 1.19 bits per heavy atom. The molecule has 2 aliphatic rings. The van der Waals surface area contributed by atoms with E-state index in [2.05, 4.69) is 16.3 Å². The van der Waals surface area contributed by atoms with Crippen molar-refractivity contribution in [3.63, 3.8) is 0 Å². The van der Waals surface area contributed by atoms with Crippen molar-refractivity contribution in [1.82, 2.24) is 10.2 Å². The van der Waals surface area contributed by atoms with Gasteiger partial charge in [-0.05, 0) is 44.6 Å². The highest BCUT2D eigenvalue weighted by atomic mass is 16.2. The van der Waals surface area contributed by atoms with E-state index in [1.807, 2.05) is 0 Å². The lowest BCUT2D eigenvalue weighted by atomic mass is 9.85. The van der Waals surface area contributed by atoms with Crippen LogP contribution in [0.2, 0.25) is 0 Å². The molecule has 1 saturated carbocycles. The van der Waals surface area contributed by atoms with Gasteiger partial charge < -0.3 is 16.0 Å². The highest BCUT2D eigenvalue weighted by molar-refractivity contribution is 5.85. The lowest BCUT2D eigenvalue weighted by molar-refractivity contribution is -0.120. The minimum atomic E-state index is -0.732. The number of carbonyl (C=O) groups excluding carboxylic acids is 2. The Bertz CT molecular complexity index is 500. The second-order valence-corrected chi connectivity index (χ2v) is 7.89. The lowest BCUT2D eigenvalue weighted by Crippen LogP contribution is -2.54. The van der Waals surface area contributed by atoms with Gasteiger partial charge in [-0.15, -0.1) is 0 Å². The van der Waals surface area contributed by atoms with Crippen molar-refractivity contribution in [3.05, 3.63) is 6.42 Å². The molecule has 26 heavy (non-hydrogen) atoms. The number of rotatable bonds is 9. The zero-order chi connectivity index (χ0) is 18.8. The molecule has 6 heteroatoms. The van der Waals surface area contributed by atoms with E-state index in [0.717, 1.165) is 38.9 Å². The Hall–Kier alpha value is -1.61. The second-order valence-electron chi connectivity index (χ2n) is 7.89. The highest BCUT2D eigenvalue weighted by Crippen LogP contribution is 2.27. The molecule has 0 aromatic rings. The number of nitrogens with zero attached hydrogens (tertiary/aromatic N) is 2. The topological polar surface area (TPSA) is 99.2 Å². The highest BCUT2D eigenvalue weighted by Gasteiger charge is 2.36. The van der Waals surface area contributed by atoms with Gasteiger partial charge in [0, 0.05) is 25.9 Å². The van der Waals surface area contributed by atoms with E-state index in [-0.39, 0.29) is 11.8 Å². The van der Waals surface area contributed by atoms with Gasteiger partial charge in [-0.25, -0.2) is 0 Å². The van der Waals surface area contributed by atoms with Crippen LogP contribution >= 0.6 is 0 Å². The molecule has 1 aliphatic carbocycles. The van der Waals surface area contributed by atoms with E-state index in [4.69, 9.17) is 5.73 Å². The number of nitriles is 1. The molecule has 1 radical (unpaired) electrons. The van der Waals surface area contributed by atoms with E-state index in [0.29, 0.717) is 25.2 Å².